The van der Waals surface area contributed by atoms with E-state index in [1.165, 1.54) is 109 Å². The van der Waals surface area contributed by atoms with Gasteiger partial charge >= 0.3 is 0 Å². The highest BCUT2D eigenvalue weighted by molar-refractivity contribution is 4.92. The molecule has 0 aliphatic carbocycles. The van der Waals surface area contributed by atoms with Crippen molar-refractivity contribution in [2.75, 3.05) is 0 Å². The first kappa shape index (κ1) is 27.4. The van der Waals surface area contributed by atoms with Gasteiger partial charge in [-0.2, -0.15) is 0 Å². The van der Waals surface area contributed by atoms with Crippen LogP contribution in [0, 0.1) is 5.92 Å². The first-order valence-corrected chi connectivity index (χ1v) is 12.7. The quantitative estimate of drug-likeness (QED) is 0.153. The molecule has 0 aromatic heterocycles. The van der Waals surface area contributed by atoms with Crippen molar-refractivity contribution in [1.29, 1.82) is 0 Å². The first-order valence-electron chi connectivity index (χ1n) is 12.7. The molecule has 0 spiro atoms. The monoisotopic (exact) mass is 391 g/mol. The molecule has 0 saturated heterocycles. The minimum atomic E-state index is 0.449. The zero-order valence-corrected chi connectivity index (χ0v) is 19.8. The number of hydrogen-bond donors (Lipinski definition) is 1. The molecular weight excluding hydrogens is 338 g/mol. The average Bonchev–Trinajstić information content (AvgIpc) is 2.67. The number of allylic oxidation sites excluding steroid dienone is 4. The molecule has 0 aromatic rings. The molecule has 1 unspecified atom stereocenters. The second-order valence-corrected chi connectivity index (χ2v) is 9.16. The fourth-order valence-electron chi connectivity index (χ4n) is 3.67. The van der Waals surface area contributed by atoms with Gasteiger partial charge in [0, 0.05) is 6.04 Å². The van der Waals surface area contributed by atoms with E-state index in [1.54, 1.807) is 0 Å². The molecule has 1 nitrogen and oxygen atoms in total. The predicted octanol–water partition coefficient (Wildman–Crippen LogP) is 9.12. The highest BCUT2D eigenvalue weighted by Crippen LogP contribution is 2.14. The molecule has 0 rings (SSSR count). The van der Waals surface area contributed by atoms with Gasteiger partial charge in [-0.05, 0) is 50.9 Å². The fraction of sp³-hybridized carbons (Fsp3) is 0.852. The summed E-state index contributed by atoms with van der Waals surface area (Å²) in [7, 11) is 0. The summed E-state index contributed by atoms with van der Waals surface area (Å²) in [4.78, 5) is 0. The second kappa shape index (κ2) is 22.7. The lowest BCUT2D eigenvalue weighted by Crippen LogP contribution is -2.19. The average molecular weight is 392 g/mol. The molecule has 1 heteroatoms. The minimum absolute atomic E-state index is 0.449. The molecule has 0 saturated carbocycles. The van der Waals surface area contributed by atoms with E-state index >= 15 is 0 Å². The zero-order chi connectivity index (χ0) is 20.7. The summed E-state index contributed by atoms with van der Waals surface area (Å²) in [5.41, 5.74) is 6.25. The van der Waals surface area contributed by atoms with E-state index < -0.39 is 0 Å². The summed E-state index contributed by atoms with van der Waals surface area (Å²) in [6, 6.07) is 0.449. The summed E-state index contributed by atoms with van der Waals surface area (Å²) in [6.07, 6.45) is 33.2. The van der Waals surface area contributed by atoms with E-state index in [-0.39, 0.29) is 0 Å². The number of unbranched alkanes of at least 4 members (excludes halogenated alkanes) is 11. The maximum Gasteiger partial charge on any atom is 0.00388 e. The van der Waals surface area contributed by atoms with E-state index in [0.717, 1.165) is 12.3 Å². The number of nitrogens with two attached hydrogens (primary N) is 1. The molecule has 1 atom stereocenters. The van der Waals surface area contributed by atoms with Gasteiger partial charge in [-0.15, -0.1) is 0 Å². The summed E-state index contributed by atoms with van der Waals surface area (Å²) in [5.74, 6) is 0.842. The van der Waals surface area contributed by atoms with Gasteiger partial charge in [-0.3, -0.25) is 0 Å². The van der Waals surface area contributed by atoms with Crippen LogP contribution in [-0.2, 0) is 0 Å². The van der Waals surface area contributed by atoms with Crippen LogP contribution in [0.1, 0.15) is 136 Å². The van der Waals surface area contributed by atoms with Crippen molar-refractivity contribution in [3.8, 4) is 0 Å². The molecule has 28 heavy (non-hydrogen) atoms. The summed E-state index contributed by atoms with van der Waals surface area (Å²) in [5, 5.41) is 0. The molecule has 0 aliphatic heterocycles. The molecule has 2 N–H and O–H groups in total. The van der Waals surface area contributed by atoms with Crippen LogP contribution < -0.4 is 5.73 Å². The Kier molecular flexibility index (Phi) is 22.3. The Labute approximate surface area is 178 Å². The highest BCUT2D eigenvalue weighted by Gasteiger charge is 2.03. The molecule has 0 aromatic carbocycles. The number of rotatable bonds is 21. The first-order chi connectivity index (χ1) is 13.7. The molecule has 0 aliphatic rings. The van der Waals surface area contributed by atoms with Gasteiger partial charge in [0.2, 0.25) is 0 Å². The largest absolute Gasteiger partial charge is 0.328 e. The van der Waals surface area contributed by atoms with E-state index in [1.807, 2.05) is 0 Å². The molecule has 166 valence electrons. The normalized spacial score (nSPS) is 13.3. The van der Waals surface area contributed by atoms with Crippen molar-refractivity contribution in [3.63, 3.8) is 0 Å². The molecule has 0 fully saturated rings. The van der Waals surface area contributed by atoms with Crippen molar-refractivity contribution in [3.05, 3.63) is 24.3 Å². The van der Waals surface area contributed by atoms with Crippen molar-refractivity contribution >= 4 is 0 Å². The van der Waals surface area contributed by atoms with Crippen LogP contribution in [-0.4, -0.2) is 6.04 Å². The van der Waals surface area contributed by atoms with Gasteiger partial charge in [0.15, 0.2) is 0 Å². The van der Waals surface area contributed by atoms with Crippen molar-refractivity contribution in [2.24, 2.45) is 11.7 Å². The van der Waals surface area contributed by atoms with Crippen molar-refractivity contribution < 1.29 is 0 Å². The van der Waals surface area contributed by atoms with Gasteiger partial charge in [-0.25, -0.2) is 0 Å². The Morgan fingerprint density at radius 1 is 0.571 bits per heavy atom. The third-order valence-corrected chi connectivity index (χ3v) is 5.63. The van der Waals surface area contributed by atoms with Gasteiger partial charge in [0.05, 0.1) is 0 Å². The SMILES string of the molecule is CCCCC/C=C/C/C=C/CCCCCCCCCC(N)CCCCC(C)C. The molecule has 0 heterocycles. The third kappa shape index (κ3) is 23.5. The molecule has 0 radical (unpaired) electrons. The Morgan fingerprint density at radius 3 is 1.61 bits per heavy atom. The van der Waals surface area contributed by atoms with Crippen LogP contribution in [0.4, 0.5) is 0 Å². The molecule has 0 amide bonds. The Hall–Kier alpha value is -0.560. The lowest BCUT2D eigenvalue weighted by molar-refractivity contribution is 0.467. The summed E-state index contributed by atoms with van der Waals surface area (Å²) >= 11 is 0. The third-order valence-electron chi connectivity index (χ3n) is 5.63. The van der Waals surface area contributed by atoms with Crippen LogP contribution in [0.25, 0.3) is 0 Å². The smallest absolute Gasteiger partial charge is 0.00388 e. The predicted molar refractivity (Wildman–Crippen MR) is 130 cm³/mol. The Morgan fingerprint density at radius 2 is 1.04 bits per heavy atom. The topological polar surface area (TPSA) is 26.0 Å². The van der Waals surface area contributed by atoms with Gasteiger partial charge < -0.3 is 5.73 Å². The minimum Gasteiger partial charge on any atom is -0.328 e. The van der Waals surface area contributed by atoms with E-state index in [2.05, 4.69) is 45.1 Å². The van der Waals surface area contributed by atoms with Gasteiger partial charge in [-0.1, -0.05) is 116 Å². The van der Waals surface area contributed by atoms with E-state index in [4.69, 9.17) is 5.73 Å². The van der Waals surface area contributed by atoms with Crippen LogP contribution in [0.5, 0.6) is 0 Å². The zero-order valence-electron chi connectivity index (χ0n) is 19.8. The van der Waals surface area contributed by atoms with Gasteiger partial charge in [0.1, 0.15) is 0 Å². The van der Waals surface area contributed by atoms with Crippen LogP contribution in [0.2, 0.25) is 0 Å². The summed E-state index contributed by atoms with van der Waals surface area (Å²) in [6.45, 7) is 6.89. The lowest BCUT2D eigenvalue weighted by Gasteiger charge is -2.11. The standard InChI is InChI=1S/C27H53N/c1-4-5-6-7-8-9-10-11-12-13-14-15-16-17-18-19-20-24-27(28)25-22-21-23-26(2)3/h8-9,11-12,26-27H,4-7,10,13-25,28H2,1-3H3/b9-8+,12-11+. The van der Waals surface area contributed by atoms with E-state index in [0.29, 0.717) is 6.04 Å². The van der Waals surface area contributed by atoms with Crippen LogP contribution in [0.15, 0.2) is 24.3 Å². The number of hydrogen-bond acceptors (Lipinski definition) is 1. The van der Waals surface area contributed by atoms with Gasteiger partial charge in [0.25, 0.3) is 0 Å². The second-order valence-electron chi connectivity index (χ2n) is 9.16. The van der Waals surface area contributed by atoms with Crippen molar-refractivity contribution in [2.45, 2.75) is 142 Å². The summed E-state index contributed by atoms with van der Waals surface area (Å²) < 4.78 is 0. The highest BCUT2D eigenvalue weighted by atomic mass is 14.6. The lowest BCUT2D eigenvalue weighted by atomic mass is 9.99. The molecule has 0 bridgehead atoms. The van der Waals surface area contributed by atoms with Crippen molar-refractivity contribution in [1.82, 2.24) is 0 Å². The maximum atomic E-state index is 6.25. The fourth-order valence-corrected chi connectivity index (χ4v) is 3.67. The van der Waals surface area contributed by atoms with Crippen LogP contribution in [0.3, 0.4) is 0 Å². The Bertz CT molecular complexity index is 342. The Balaban J connectivity index is 3.23. The van der Waals surface area contributed by atoms with E-state index in [9.17, 15) is 0 Å². The molecular formula is C27H53N. The maximum absolute atomic E-state index is 6.25. The van der Waals surface area contributed by atoms with Crippen LogP contribution >= 0.6 is 0 Å².